The van der Waals surface area contributed by atoms with Crippen LogP contribution in [-0.2, 0) is 0 Å². The molecule has 0 saturated heterocycles. The molecule has 28 heavy (non-hydrogen) atoms. The first-order valence-corrected chi connectivity index (χ1v) is 9.33. The van der Waals surface area contributed by atoms with E-state index in [-0.39, 0.29) is 11.8 Å². The summed E-state index contributed by atoms with van der Waals surface area (Å²) >= 11 is 0. The number of hydrogen-bond acceptors (Lipinski definition) is 6. The summed E-state index contributed by atoms with van der Waals surface area (Å²) in [7, 11) is 0. The molecule has 2 aliphatic rings. The van der Waals surface area contributed by atoms with Gasteiger partial charge in [-0.25, -0.2) is 9.37 Å². The van der Waals surface area contributed by atoms with Crippen molar-refractivity contribution in [2.75, 3.05) is 10.6 Å². The molecular weight excluding hydrogens is 362 g/mol. The molecule has 1 aromatic carbocycles. The molecule has 1 unspecified atom stereocenters. The van der Waals surface area contributed by atoms with Crippen LogP contribution in [0.25, 0.3) is 11.4 Å². The van der Waals surface area contributed by atoms with Gasteiger partial charge in [0.2, 0.25) is 17.8 Å². The Labute approximate surface area is 160 Å². The fourth-order valence-electron chi connectivity index (χ4n) is 4.02. The maximum absolute atomic E-state index is 14.3. The molecule has 6 nitrogen and oxygen atoms in total. The predicted octanol–water partition coefficient (Wildman–Crippen LogP) is 4.17. The van der Waals surface area contributed by atoms with E-state index < -0.39 is 11.8 Å². The largest absolute Gasteiger partial charge is 0.351 e. The third-order valence-corrected chi connectivity index (χ3v) is 5.44. The molecule has 142 valence electrons. The minimum atomic E-state index is -0.573. The van der Waals surface area contributed by atoms with Crippen molar-refractivity contribution in [3.05, 3.63) is 54.4 Å². The summed E-state index contributed by atoms with van der Waals surface area (Å²) in [6, 6.07) is 9.49. The van der Waals surface area contributed by atoms with Crippen molar-refractivity contribution in [3.8, 4) is 11.4 Å². The van der Waals surface area contributed by atoms with Crippen LogP contribution < -0.4 is 10.6 Å². The molecule has 3 aromatic rings. The van der Waals surface area contributed by atoms with E-state index >= 15 is 0 Å². The van der Waals surface area contributed by atoms with E-state index in [1.807, 2.05) is 0 Å². The molecular formula is C20H18F2N6. The maximum atomic E-state index is 14.3. The number of halogens is 2. The lowest BCUT2D eigenvalue weighted by Gasteiger charge is -2.11. The highest BCUT2D eigenvalue weighted by atomic mass is 19.1. The lowest BCUT2D eigenvalue weighted by molar-refractivity contribution is 0.584. The standard InChI is InChI=1S/C20H18F2N6/c21-15-7-2-1-4-14(15)18-26-19(24-11-8-9-16(22)23-10-11)28-20(27-18)25-17-12-5-3-6-13(12)17/h1-2,4,7-10,12-13,17H,3,5-6H2,(H2,24,25,26,27,28)/t12-,13+,17?. The van der Waals surface area contributed by atoms with E-state index in [0.29, 0.717) is 35.1 Å². The molecule has 2 aromatic heterocycles. The molecule has 0 bridgehead atoms. The van der Waals surface area contributed by atoms with Gasteiger partial charge in [0.05, 0.1) is 17.4 Å². The zero-order chi connectivity index (χ0) is 19.1. The number of nitrogens with one attached hydrogen (secondary N) is 2. The summed E-state index contributed by atoms with van der Waals surface area (Å²) in [6.45, 7) is 0. The first-order chi connectivity index (χ1) is 13.7. The van der Waals surface area contributed by atoms with E-state index in [4.69, 9.17) is 0 Å². The minimum Gasteiger partial charge on any atom is -0.351 e. The summed E-state index contributed by atoms with van der Waals surface area (Å²) in [6.07, 6.45) is 5.07. The quantitative estimate of drug-likeness (QED) is 0.647. The molecule has 0 aliphatic heterocycles. The molecule has 5 rings (SSSR count). The molecule has 2 aliphatic carbocycles. The van der Waals surface area contributed by atoms with Crippen molar-refractivity contribution in [3.63, 3.8) is 0 Å². The van der Waals surface area contributed by atoms with Gasteiger partial charge >= 0.3 is 0 Å². The zero-order valence-corrected chi connectivity index (χ0v) is 14.9. The van der Waals surface area contributed by atoms with Crippen LogP contribution in [0.15, 0.2) is 42.6 Å². The lowest BCUT2D eigenvalue weighted by atomic mass is 10.2. The van der Waals surface area contributed by atoms with E-state index in [2.05, 4.69) is 30.6 Å². The van der Waals surface area contributed by atoms with Crippen LogP contribution in [0, 0.1) is 23.6 Å². The van der Waals surface area contributed by atoms with Crippen molar-refractivity contribution >= 4 is 17.6 Å². The number of anilines is 3. The number of nitrogens with zero attached hydrogens (tertiary/aromatic N) is 4. The van der Waals surface area contributed by atoms with Crippen molar-refractivity contribution in [1.82, 2.24) is 19.9 Å². The van der Waals surface area contributed by atoms with E-state index in [1.54, 1.807) is 18.2 Å². The Morgan fingerprint density at radius 1 is 0.893 bits per heavy atom. The van der Waals surface area contributed by atoms with Gasteiger partial charge in [-0.15, -0.1) is 0 Å². The Balaban J connectivity index is 1.48. The Kier molecular flexibility index (Phi) is 4.11. The highest BCUT2D eigenvalue weighted by Crippen LogP contribution is 2.53. The molecule has 2 heterocycles. The van der Waals surface area contributed by atoms with E-state index in [9.17, 15) is 8.78 Å². The van der Waals surface area contributed by atoms with Gasteiger partial charge in [-0.1, -0.05) is 18.6 Å². The second kappa shape index (κ2) is 6.78. The summed E-state index contributed by atoms with van der Waals surface area (Å²) in [5.41, 5.74) is 0.825. The van der Waals surface area contributed by atoms with Crippen LogP contribution >= 0.6 is 0 Å². The average Bonchev–Trinajstić information content (AvgIpc) is 3.11. The number of rotatable bonds is 5. The number of aromatic nitrogens is 4. The molecule has 3 atom stereocenters. The normalized spacial score (nSPS) is 22.6. The van der Waals surface area contributed by atoms with Gasteiger partial charge in [-0.3, -0.25) is 0 Å². The minimum absolute atomic E-state index is 0.235. The first kappa shape index (κ1) is 17.0. The number of hydrogen-bond donors (Lipinski definition) is 2. The van der Waals surface area contributed by atoms with Crippen LogP contribution in [0.1, 0.15) is 19.3 Å². The average molecular weight is 380 g/mol. The van der Waals surface area contributed by atoms with E-state index in [1.165, 1.54) is 43.7 Å². The van der Waals surface area contributed by atoms with Crippen LogP contribution in [0.3, 0.4) is 0 Å². The van der Waals surface area contributed by atoms with Gasteiger partial charge in [-0.2, -0.15) is 19.3 Å². The Hall–Kier alpha value is -3.16. The number of benzene rings is 1. The van der Waals surface area contributed by atoms with Crippen molar-refractivity contribution in [2.24, 2.45) is 11.8 Å². The summed E-state index contributed by atoms with van der Waals surface area (Å²) in [4.78, 5) is 16.8. The fraction of sp³-hybridized carbons (Fsp3) is 0.300. The van der Waals surface area contributed by atoms with Gasteiger partial charge in [-0.05, 0) is 48.9 Å². The van der Waals surface area contributed by atoms with Gasteiger partial charge in [0, 0.05) is 6.04 Å². The number of pyridine rings is 1. The van der Waals surface area contributed by atoms with Crippen LogP contribution in [0.4, 0.5) is 26.4 Å². The maximum Gasteiger partial charge on any atom is 0.232 e. The zero-order valence-electron chi connectivity index (χ0n) is 14.9. The van der Waals surface area contributed by atoms with Gasteiger partial charge < -0.3 is 10.6 Å². The summed E-state index contributed by atoms with van der Waals surface area (Å²) in [5.74, 6) is 1.25. The molecule has 2 N–H and O–H groups in total. The van der Waals surface area contributed by atoms with E-state index in [0.717, 1.165) is 0 Å². The van der Waals surface area contributed by atoms with Crippen molar-refractivity contribution in [2.45, 2.75) is 25.3 Å². The SMILES string of the molecule is Fc1ccc(Nc2nc(NC3[C@H]4CCC[C@@H]34)nc(-c3ccccc3F)n2)cn1. The molecule has 2 saturated carbocycles. The Morgan fingerprint density at radius 2 is 1.68 bits per heavy atom. The summed E-state index contributed by atoms with van der Waals surface area (Å²) < 4.78 is 27.3. The van der Waals surface area contributed by atoms with Crippen LogP contribution in [0.2, 0.25) is 0 Å². The van der Waals surface area contributed by atoms with Crippen molar-refractivity contribution in [1.29, 1.82) is 0 Å². The highest BCUT2D eigenvalue weighted by Gasteiger charge is 2.52. The first-order valence-electron chi connectivity index (χ1n) is 9.33. The molecule has 0 amide bonds. The lowest BCUT2D eigenvalue weighted by Crippen LogP contribution is -2.13. The monoisotopic (exact) mass is 380 g/mol. The highest BCUT2D eigenvalue weighted by molar-refractivity contribution is 5.61. The molecule has 0 spiro atoms. The molecule has 8 heteroatoms. The predicted molar refractivity (Wildman–Crippen MR) is 101 cm³/mol. The second-order valence-corrected chi connectivity index (χ2v) is 7.21. The Morgan fingerprint density at radius 3 is 2.43 bits per heavy atom. The third kappa shape index (κ3) is 3.26. The molecule has 2 fully saturated rings. The topological polar surface area (TPSA) is 75.6 Å². The van der Waals surface area contributed by atoms with Crippen molar-refractivity contribution < 1.29 is 8.78 Å². The second-order valence-electron chi connectivity index (χ2n) is 7.21. The van der Waals surface area contributed by atoms with Crippen LogP contribution in [-0.4, -0.2) is 26.0 Å². The van der Waals surface area contributed by atoms with Gasteiger partial charge in [0.1, 0.15) is 5.82 Å². The third-order valence-electron chi connectivity index (χ3n) is 5.44. The summed E-state index contributed by atoms with van der Waals surface area (Å²) in [5, 5.41) is 6.37. The van der Waals surface area contributed by atoms with Gasteiger partial charge in [0.15, 0.2) is 5.82 Å². The smallest absolute Gasteiger partial charge is 0.232 e. The number of fused-ring (bicyclic) bond motifs is 1. The molecule has 0 radical (unpaired) electrons. The van der Waals surface area contributed by atoms with Crippen LogP contribution in [0.5, 0.6) is 0 Å². The Bertz CT molecular complexity index is 1000. The van der Waals surface area contributed by atoms with Gasteiger partial charge in [0.25, 0.3) is 0 Å². The fourth-order valence-corrected chi connectivity index (χ4v) is 4.02.